The van der Waals surface area contributed by atoms with Crippen LogP contribution in [0.3, 0.4) is 0 Å². The second-order valence-electron chi connectivity index (χ2n) is 6.96. The van der Waals surface area contributed by atoms with Crippen LogP contribution in [0.1, 0.15) is 46.0 Å². The number of hydrogen-bond acceptors (Lipinski definition) is 3. The molecular weight excluding hydrogens is 236 g/mol. The number of rotatable bonds is 5. The lowest BCUT2D eigenvalue weighted by atomic mass is 9.85. The van der Waals surface area contributed by atoms with Gasteiger partial charge < -0.3 is 10.0 Å². The minimum atomic E-state index is -0.0862. The van der Waals surface area contributed by atoms with E-state index in [1.54, 1.807) is 0 Å². The maximum atomic E-state index is 10.4. The second-order valence-corrected chi connectivity index (χ2v) is 6.96. The van der Waals surface area contributed by atoms with E-state index in [1.807, 2.05) is 0 Å². The van der Waals surface area contributed by atoms with Crippen LogP contribution in [-0.2, 0) is 0 Å². The molecule has 1 saturated heterocycles. The first-order chi connectivity index (χ1) is 9.15. The van der Waals surface area contributed by atoms with Gasteiger partial charge in [0.25, 0.3) is 0 Å². The third kappa shape index (κ3) is 5.05. The minimum absolute atomic E-state index is 0.0862. The van der Waals surface area contributed by atoms with Gasteiger partial charge in [0.15, 0.2) is 0 Å². The molecule has 2 aliphatic rings. The Morgan fingerprint density at radius 3 is 1.95 bits per heavy atom. The van der Waals surface area contributed by atoms with Gasteiger partial charge in [-0.05, 0) is 24.7 Å². The highest BCUT2D eigenvalue weighted by atomic mass is 16.3. The molecule has 3 heteroatoms. The monoisotopic (exact) mass is 268 g/mol. The fourth-order valence-corrected chi connectivity index (χ4v) is 3.60. The Kier molecular flexibility index (Phi) is 6.11. The molecule has 0 bridgehead atoms. The molecule has 1 atom stereocenters. The van der Waals surface area contributed by atoms with Crippen LogP contribution in [0.15, 0.2) is 0 Å². The lowest BCUT2D eigenvalue weighted by Gasteiger charge is -2.38. The van der Waals surface area contributed by atoms with Gasteiger partial charge in [-0.2, -0.15) is 0 Å². The van der Waals surface area contributed by atoms with Gasteiger partial charge in [-0.15, -0.1) is 0 Å². The van der Waals surface area contributed by atoms with Crippen molar-refractivity contribution in [1.29, 1.82) is 0 Å². The van der Waals surface area contributed by atoms with E-state index in [4.69, 9.17) is 0 Å². The molecule has 2 fully saturated rings. The highest BCUT2D eigenvalue weighted by molar-refractivity contribution is 4.79. The largest absolute Gasteiger partial charge is 0.392 e. The maximum Gasteiger partial charge on any atom is 0.0695 e. The van der Waals surface area contributed by atoms with E-state index in [0.717, 1.165) is 25.6 Å². The van der Waals surface area contributed by atoms with Crippen LogP contribution in [-0.4, -0.2) is 60.3 Å². The molecule has 0 amide bonds. The lowest BCUT2D eigenvalue weighted by Crippen LogP contribution is -2.50. The highest BCUT2D eigenvalue weighted by Crippen LogP contribution is 2.27. The standard InChI is InChI=1S/C16H32N2O/c1-14(2)12-17-8-10-18(11-9-17)13-16(19)15-6-4-3-5-7-15/h14-16,19H,3-13H2,1-2H3. The van der Waals surface area contributed by atoms with Gasteiger partial charge in [-0.1, -0.05) is 33.1 Å². The molecule has 0 spiro atoms. The first-order valence-corrected chi connectivity index (χ1v) is 8.28. The summed E-state index contributed by atoms with van der Waals surface area (Å²) in [6.45, 7) is 11.3. The molecule has 2 rings (SSSR count). The molecule has 112 valence electrons. The van der Waals surface area contributed by atoms with E-state index < -0.39 is 0 Å². The van der Waals surface area contributed by atoms with Crippen LogP contribution < -0.4 is 0 Å². The fourth-order valence-electron chi connectivity index (χ4n) is 3.60. The van der Waals surface area contributed by atoms with Gasteiger partial charge in [0.05, 0.1) is 6.10 Å². The maximum absolute atomic E-state index is 10.4. The Morgan fingerprint density at radius 2 is 1.42 bits per heavy atom. The summed E-state index contributed by atoms with van der Waals surface area (Å²) in [5.41, 5.74) is 0. The summed E-state index contributed by atoms with van der Waals surface area (Å²) < 4.78 is 0. The van der Waals surface area contributed by atoms with Crippen molar-refractivity contribution in [3.05, 3.63) is 0 Å². The number of β-amino-alcohol motifs (C(OH)–C–C–N with tert-alkyl or cyclic N) is 1. The van der Waals surface area contributed by atoms with Crippen LogP contribution in [0, 0.1) is 11.8 Å². The molecule has 0 aromatic carbocycles. The zero-order chi connectivity index (χ0) is 13.7. The molecule has 1 saturated carbocycles. The average Bonchev–Trinajstić information content (AvgIpc) is 2.41. The molecule has 3 nitrogen and oxygen atoms in total. The summed E-state index contributed by atoms with van der Waals surface area (Å²) in [6.07, 6.45) is 6.42. The topological polar surface area (TPSA) is 26.7 Å². The lowest BCUT2D eigenvalue weighted by molar-refractivity contribution is 0.0279. The van der Waals surface area contributed by atoms with Crippen molar-refractivity contribution in [2.24, 2.45) is 11.8 Å². The molecule has 0 aromatic heterocycles. The Hall–Kier alpha value is -0.120. The van der Waals surface area contributed by atoms with Crippen LogP contribution in [0.25, 0.3) is 0 Å². The molecule has 1 aliphatic carbocycles. The summed E-state index contributed by atoms with van der Waals surface area (Å²) >= 11 is 0. The van der Waals surface area contributed by atoms with Crippen molar-refractivity contribution in [3.63, 3.8) is 0 Å². The van der Waals surface area contributed by atoms with Crippen LogP contribution in [0.5, 0.6) is 0 Å². The Labute approximate surface area is 119 Å². The smallest absolute Gasteiger partial charge is 0.0695 e. The van der Waals surface area contributed by atoms with Gasteiger partial charge >= 0.3 is 0 Å². The average molecular weight is 268 g/mol. The third-order valence-electron chi connectivity index (χ3n) is 4.73. The van der Waals surface area contributed by atoms with E-state index in [1.165, 1.54) is 51.7 Å². The SMILES string of the molecule is CC(C)CN1CCN(CC(O)C2CCCCC2)CC1. The number of piperazine rings is 1. The van der Waals surface area contributed by atoms with Gasteiger partial charge in [0, 0.05) is 39.3 Å². The normalized spacial score (nSPS) is 25.9. The van der Waals surface area contributed by atoms with Crippen molar-refractivity contribution >= 4 is 0 Å². The minimum Gasteiger partial charge on any atom is -0.392 e. The predicted molar refractivity (Wildman–Crippen MR) is 80.3 cm³/mol. The molecular formula is C16H32N2O. The Bertz CT molecular complexity index is 243. The summed E-state index contributed by atoms with van der Waals surface area (Å²) in [5.74, 6) is 1.34. The summed E-state index contributed by atoms with van der Waals surface area (Å²) in [7, 11) is 0. The fraction of sp³-hybridized carbons (Fsp3) is 1.00. The summed E-state index contributed by atoms with van der Waals surface area (Å²) in [5, 5.41) is 10.4. The molecule has 1 N–H and O–H groups in total. The van der Waals surface area contributed by atoms with Crippen LogP contribution in [0.4, 0.5) is 0 Å². The summed E-state index contributed by atoms with van der Waals surface area (Å²) in [4.78, 5) is 5.03. The van der Waals surface area contributed by atoms with Crippen molar-refractivity contribution in [1.82, 2.24) is 9.80 Å². The summed E-state index contributed by atoms with van der Waals surface area (Å²) in [6, 6.07) is 0. The van der Waals surface area contributed by atoms with E-state index in [0.29, 0.717) is 5.92 Å². The molecule has 19 heavy (non-hydrogen) atoms. The number of aliphatic hydroxyl groups excluding tert-OH is 1. The Morgan fingerprint density at radius 1 is 0.895 bits per heavy atom. The predicted octanol–water partition coefficient (Wildman–Crippen LogP) is 2.20. The van der Waals surface area contributed by atoms with E-state index in [-0.39, 0.29) is 6.10 Å². The first-order valence-electron chi connectivity index (χ1n) is 8.28. The number of nitrogens with zero attached hydrogens (tertiary/aromatic N) is 2. The van der Waals surface area contributed by atoms with E-state index >= 15 is 0 Å². The van der Waals surface area contributed by atoms with Crippen molar-refractivity contribution < 1.29 is 5.11 Å². The van der Waals surface area contributed by atoms with Crippen molar-refractivity contribution in [2.45, 2.75) is 52.1 Å². The van der Waals surface area contributed by atoms with Crippen molar-refractivity contribution in [2.75, 3.05) is 39.3 Å². The molecule has 1 aliphatic heterocycles. The first kappa shape index (κ1) is 15.3. The second kappa shape index (κ2) is 7.61. The molecule has 0 aromatic rings. The van der Waals surface area contributed by atoms with Gasteiger partial charge in [0.2, 0.25) is 0 Å². The number of aliphatic hydroxyl groups is 1. The Balaban J connectivity index is 1.67. The quantitative estimate of drug-likeness (QED) is 0.828. The van der Waals surface area contributed by atoms with Crippen molar-refractivity contribution in [3.8, 4) is 0 Å². The van der Waals surface area contributed by atoms with Crippen LogP contribution >= 0.6 is 0 Å². The molecule has 0 radical (unpaired) electrons. The van der Waals surface area contributed by atoms with Gasteiger partial charge in [-0.25, -0.2) is 0 Å². The zero-order valence-corrected chi connectivity index (χ0v) is 12.9. The third-order valence-corrected chi connectivity index (χ3v) is 4.73. The highest BCUT2D eigenvalue weighted by Gasteiger charge is 2.25. The molecule has 1 heterocycles. The van der Waals surface area contributed by atoms with E-state index in [9.17, 15) is 5.11 Å². The zero-order valence-electron chi connectivity index (χ0n) is 12.9. The van der Waals surface area contributed by atoms with E-state index in [2.05, 4.69) is 23.6 Å². The molecule has 1 unspecified atom stereocenters. The van der Waals surface area contributed by atoms with Gasteiger partial charge in [-0.3, -0.25) is 4.90 Å². The van der Waals surface area contributed by atoms with Gasteiger partial charge in [0.1, 0.15) is 0 Å². The van der Waals surface area contributed by atoms with Crippen LogP contribution in [0.2, 0.25) is 0 Å². The number of hydrogen-bond donors (Lipinski definition) is 1.